The summed E-state index contributed by atoms with van der Waals surface area (Å²) in [7, 11) is 1.63. The van der Waals surface area contributed by atoms with Crippen molar-refractivity contribution in [1.82, 2.24) is 0 Å². The molecule has 0 radical (unpaired) electrons. The van der Waals surface area contributed by atoms with Gasteiger partial charge in [-0.25, -0.2) is 4.79 Å². The van der Waals surface area contributed by atoms with Gasteiger partial charge in [0.2, 0.25) is 0 Å². The van der Waals surface area contributed by atoms with Gasteiger partial charge in [0.15, 0.2) is 0 Å². The smallest absolute Gasteiger partial charge is 0.335 e. The van der Waals surface area contributed by atoms with Crippen molar-refractivity contribution in [2.24, 2.45) is 0 Å². The molecule has 0 aliphatic rings. The first kappa shape index (κ1) is 17.4. The van der Waals surface area contributed by atoms with Gasteiger partial charge in [-0.2, -0.15) is 0 Å². The molecule has 0 spiro atoms. The zero-order chi connectivity index (χ0) is 15.3. The number of benzene rings is 1. The quantitative estimate of drug-likeness (QED) is 0.593. The van der Waals surface area contributed by atoms with E-state index in [-0.39, 0.29) is 5.56 Å². The summed E-state index contributed by atoms with van der Waals surface area (Å²) in [4.78, 5) is 10.7. The molecule has 1 rings (SSSR count). The van der Waals surface area contributed by atoms with E-state index in [1.165, 1.54) is 12.1 Å². The average molecular weight is 298 g/mol. The Kier molecular flexibility index (Phi) is 9.19. The summed E-state index contributed by atoms with van der Waals surface area (Å²) in [5, 5.41) is 8.77. The number of carboxylic acids is 1. The first-order valence-corrected chi connectivity index (χ1v) is 6.84. The molecule has 0 unspecified atom stereocenters. The molecule has 0 fully saturated rings. The Hall–Kier alpha value is -1.63. The molecule has 6 nitrogen and oxygen atoms in total. The van der Waals surface area contributed by atoms with E-state index < -0.39 is 5.97 Å². The van der Waals surface area contributed by atoms with Gasteiger partial charge < -0.3 is 24.1 Å². The fourth-order valence-electron chi connectivity index (χ4n) is 1.51. The van der Waals surface area contributed by atoms with Crippen LogP contribution in [0.3, 0.4) is 0 Å². The highest BCUT2D eigenvalue weighted by molar-refractivity contribution is 5.87. The monoisotopic (exact) mass is 298 g/mol. The molecule has 118 valence electrons. The lowest BCUT2D eigenvalue weighted by Crippen LogP contribution is -2.10. The van der Waals surface area contributed by atoms with Gasteiger partial charge in [0.05, 0.1) is 38.6 Å². The van der Waals surface area contributed by atoms with E-state index in [0.717, 1.165) is 6.42 Å². The lowest BCUT2D eigenvalue weighted by molar-refractivity contribution is 0.0224. The third-order valence-electron chi connectivity index (χ3n) is 2.61. The fraction of sp³-hybridized carbons (Fsp3) is 0.533. The summed E-state index contributed by atoms with van der Waals surface area (Å²) in [6.07, 6.45) is 0.763. The van der Waals surface area contributed by atoms with Gasteiger partial charge in [0, 0.05) is 20.1 Å². The number of hydrogen-bond acceptors (Lipinski definition) is 5. The predicted molar refractivity (Wildman–Crippen MR) is 77.0 cm³/mol. The van der Waals surface area contributed by atoms with Crippen LogP contribution < -0.4 is 4.74 Å². The van der Waals surface area contributed by atoms with E-state index >= 15 is 0 Å². The molecule has 0 aliphatic carbocycles. The zero-order valence-corrected chi connectivity index (χ0v) is 12.2. The summed E-state index contributed by atoms with van der Waals surface area (Å²) < 4.78 is 21.0. The maximum atomic E-state index is 10.7. The van der Waals surface area contributed by atoms with Crippen LogP contribution >= 0.6 is 0 Å². The number of ether oxygens (including phenoxy) is 4. The van der Waals surface area contributed by atoms with E-state index in [0.29, 0.717) is 45.4 Å². The van der Waals surface area contributed by atoms with Crippen LogP contribution in [0.5, 0.6) is 5.75 Å². The molecule has 0 saturated heterocycles. The van der Waals surface area contributed by atoms with Gasteiger partial charge in [-0.1, -0.05) is 0 Å². The van der Waals surface area contributed by atoms with E-state index in [1.54, 1.807) is 19.2 Å². The highest BCUT2D eigenvalue weighted by Crippen LogP contribution is 2.12. The van der Waals surface area contributed by atoms with Crippen LogP contribution in [0.4, 0.5) is 0 Å². The Morgan fingerprint density at radius 2 is 1.57 bits per heavy atom. The predicted octanol–water partition coefficient (Wildman–Crippen LogP) is 1.83. The lowest BCUT2D eigenvalue weighted by Gasteiger charge is -2.07. The van der Waals surface area contributed by atoms with Gasteiger partial charge in [-0.05, 0) is 24.3 Å². The Balaban J connectivity index is 1.98. The first-order chi connectivity index (χ1) is 10.2. The van der Waals surface area contributed by atoms with Crippen molar-refractivity contribution in [3.8, 4) is 5.75 Å². The van der Waals surface area contributed by atoms with E-state index in [4.69, 9.17) is 24.1 Å². The van der Waals surface area contributed by atoms with Crippen LogP contribution in [-0.2, 0) is 14.2 Å². The van der Waals surface area contributed by atoms with Crippen molar-refractivity contribution in [2.75, 3.05) is 46.8 Å². The number of carbonyl (C=O) groups is 1. The Morgan fingerprint density at radius 1 is 0.952 bits per heavy atom. The molecule has 0 heterocycles. The minimum absolute atomic E-state index is 0.249. The number of aromatic carboxylic acids is 1. The molecule has 21 heavy (non-hydrogen) atoms. The number of methoxy groups -OCH3 is 1. The minimum atomic E-state index is -0.942. The molecule has 0 amide bonds. The summed E-state index contributed by atoms with van der Waals surface area (Å²) in [5.41, 5.74) is 0.249. The minimum Gasteiger partial charge on any atom is -0.494 e. The van der Waals surface area contributed by atoms with E-state index in [1.807, 2.05) is 0 Å². The summed E-state index contributed by atoms with van der Waals surface area (Å²) >= 11 is 0. The molecule has 0 atom stereocenters. The van der Waals surface area contributed by atoms with Crippen LogP contribution in [0, 0.1) is 0 Å². The standard InChI is InChI=1S/C15H22O6/c1-18-9-10-20-12-11-19-7-2-8-21-14-5-3-13(4-6-14)15(16)17/h3-6H,2,7-12H2,1H3,(H,16,17). The summed E-state index contributed by atoms with van der Waals surface area (Å²) in [5.74, 6) is -0.287. The second kappa shape index (κ2) is 11.1. The Morgan fingerprint density at radius 3 is 2.19 bits per heavy atom. The third-order valence-corrected chi connectivity index (χ3v) is 2.61. The summed E-state index contributed by atoms with van der Waals surface area (Å²) in [6, 6.07) is 6.33. The first-order valence-electron chi connectivity index (χ1n) is 6.84. The van der Waals surface area contributed by atoms with Crippen LogP contribution in [0.25, 0.3) is 0 Å². The molecule has 1 aromatic rings. The Labute approximate surface area is 124 Å². The van der Waals surface area contributed by atoms with Crippen molar-refractivity contribution in [1.29, 1.82) is 0 Å². The van der Waals surface area contributed by atoms with Gasteiger partial charge in [0.1, 0.15) is 5.75 Å². The van der Waals surface area contributed by atoms with Crippen molar-refractivity contribution in [3.05, 3.63) is 29.8 Å². The van der Waals surface area contributed by atoms with Crippen LogP contribution in [0.1, 0.15) is 16.8 Å². The second-order valence-corrected chi connectivity index (χ2v) is 4.25. The van der Waals surface area contributed by atoms with Crippen molar-refractivity contribution >= 4 is 5.97 Å². The molecule has 1 N–H and O–H groups in total. The van der Waals surface area contributed by atoms with Gasteiger partial charge in [-0.3, -0.25) is 0 Å². The largest absolute Gasteiger partial charge is 0.494 e. The number of rotatable bonds is 12. The summed E-state index contributed by atoms with van der Waals surface area (Å²) in [6.45, 7) is 3.40. The highest BCUT2D eigenvalue weighted by atomic mass is 16.5. The zero-order valence-electron chi connectivity index (χ0n) is 12.2. The lowest BCUT2D eigenvalue weighted by atomic mass is 10.2. The molecule has 0 bridgehead atoms. The molecule has 1 aromatic carbocycles. The van der Waals surface area contributed by atoms with E-state index in [9.17, 15) is 4.79 Å². The molecule has 0 aromatic heterocycles. The topological polar surface area (TPSA) is 74.2 Å². The second-order valence-electron chi connectivity index (χ2n) is 4.25. The van der Waals surface area contributed by atoms with Crippen molar-refractivity contribution in [3.63, 3.8) is 0 Å². The molecule has 0 aliphatic heterocycles. The van der Waals surface area contributed by atoms with Gasteiger partial charge >= 0.3 is 5.97 Å². The maximum Gasteiger partial charge on any atom is 0.335 e. The van der Waals surface area contributed by atoms with Crippen molar-refractivity contribution in [2.45, 2.75) is 6.42 Å². The van der Waals surface area contributed by atoms with Gasteiger partial charge in [0.25, 0.3) is 0 Å². The van der Waals surface area contributed by atoms with Crippen LogP contribution in [0.15, 0.2) is 24.3 Å². The molecule has 0 saturated carbocycles. The SMILES string of the molecule is COCCOCCOCCCOc1ccc(C(=O)O)cc1. The van der Waals surface area contributed by atoms with Crippen LogP contribution in [-0.4, -0.2) is 57.8 Å². The maximum absolute atomic E-state index is 10.7. The molecular formula is C15H22O6. The normalized spacial score (nSPS) is 10.5. The van der Waals surface area contributed by atoms with Crippen LogP contribution in [0.2, 0.25) is 0 Å². The molecular weight excluding hydrogens is 276 g/mol. The number of hydrogen-bond donors (Lipinski definition) is 1. The highest BCUT2D eigenvalue weighted by Gasteiger charge is 2.01. The average Bonchev–Trinajstić information content (AvgIpc) is 2.49. The van der Waals surface area contributed by atoms with Crippen molar-refractivity contribution < 1.29 is 28.8 Å². The Bertz CT molecular complexity index is 390. The third kappa shape index (κ3) is 8.29. The van der Waals surface area contributed by atoms with E-state index in [2.05, 4.69) is 0 Å². The number of carboxylic acid groups (broad SMARTS) is 1. The van der Waals surface area contributed by atoms with Gasteiger partial charge in [-0.15, -0.1) is 0 Å². The fourth-order valence-corrected chi connectivity index (χ4v) is 1.51. The molecule has 6 heteroatoms.